The summed E-state index contributed by atoms with van der Waals surface area (Å²) in [5.74, 6) is 1.15. The highest BCUT2D eigenvalue weighted by Gasteiger charge is 2.37. The third kappa shape index (κ3) is 2.83. The molecule has 2 rings (SSSR count). The average Bonchev–Trinajstić information content (AvgIpc) is 2.33. The van der Waals surface area contributed by atoms with E-state index in [2.05, 4.69) is 5.32 Å². The lowest BCUT2D eigenvalue weighted by Crippen LogP contribution is -2.47. The summed E-state index contributed by atoms with van der Waals surface area (Å²) in [7, 11) is -1.15. The Morgan fingerprint density at radius 3 is 2.82 bits per heavy atom. The van der Waals surface area contributed by atoms with Crippen LogP contribution in [-0.2, 0) is 14.6 Å². The monoisotopic (exact) mass is 259 g/mol. The Balaban J connectivity index is 2.19. The van der Waals surface area contributed by atoms with Crippen molar-refractivity contribution in [2.24, 2.45) is 0 Å². The second kappa shape index (κ2) is 5.40. The Bertz CT molecular complexity index is 389. The van der Waals surface area contributed by atoms with E-state index in [0.29, 0.717) is 12.4 Å². The van der Waals surface area contributed by atoms with Crippen LogP contribution >= 0.6 is 0 Å². The minimum atomic E-state index is -2.97. The molecule has 0 saturated carbocycles. The first-order chi connectivity index (χ1) is 8.15. The highest BCUT2D eigenvalue weighted by molar-refractivity contribution is 7.92. The molecule has 2 heterocycles. The van der Waals surface area contributed by atoms with Gasteiger partial charge in [-0.15, -0.1) is 0 Å². The number of ether oxygens (including phenoxy) is 1. The van der Waals surface area contributed by atoms with E-state index < -0.39 is 9.84 Å². The van der Waals surface area contributed by atoms with Gasteiger partial charge in [-0.1, -0.05) is 6.42 Å². The van der Waals surface area contributed by atoms with Crippen molar-refractivity contribution >= 4 is 9.84 Å². The quantitative estimate of drug-likeness (QED) is 0.828. The van der Waals surface area contributed by atoms with Crippen LogP contribution in [0.25, 0.3) is 0 Å². The van der Waals surface area contributed by atoms with Gasteiger partial charge >= 0.3 is 0 Å². The third-order valence-electron chi connectivity index (χ3n) is 3.58. The van der Waals surface area contributed by atoms with E-state index in [1.54, 1.807) is 0 Å². The summed E-state index contributed by atoms with van der Waals surface area (Å²) in [6, 6.07) is -0.166. The molecule has 4 nitrogen and oxygen atoms in total. The largest absolute Gasteiger partial charge is 0.497 e. The zero-order chi connectivity index (χ0) is 12.3. The van der Waals surface area contributed by atoms with Gasteiger partial charge in [0.2, 0.25) is 0 Å². The van der Waals surface area contributed by atoms with E-state index in [4.69, 9.17) is 4.74 Å². The second-order valence-electron chi connectivity index (χ2n) is 4.76. The van der Waals surface area contributed by atoms with Crippen molar-refractivity contribution in [2.45, 2.75) is 43.4 Å². The van der Waals surface area contributed by atoms with Gasteiger partial charge in [0, 0.05) is 0 Å². The molecule has 0 radical (unpaired) electrons. The lowest BCUT2D eigenvalue weighted by Gasteiger charge is -2.32. The predicted octanol–water partition coefficient (Wildman–Crippen LogP) is 1.24. The van der Waals surface area contributed by atoms with Crippen molar-refractivity contribution in [3.05, 3.63) is 11.8 Å². The maximum atomic E-state index is 12.1. The Hall–Kier alpha value is -0.550. The maximum absolute atomic E-state index is 12.1. The first kappa shape index (κ1) is 12.9. The highest BCUT2D eigenvalue weighted by atomic mass is 32.2. The summed E-state index contributed by atoms with van der Waals surface area (Å²) >= 11 is 0. The lowest BCUT2D eigenvalue weighted by molar-refractivity contribution is 0.166. The molecular weight excluding hydrogens is 238 g/mol. The van der Waals surface area contributed by atoms with E-state index >= 15 is 0 Å². The van der Waals surface area contributed by atoms with Crippen LogP contribution in [0.1, 0.15) is 32.1 Å². The van der Waals surface area contributed by atoms with Crippen LogP contribution in [0.15, 0.2) is 11.8 Å². The number of likely N-dealkylation sites (N-methyl/N-ethyl adjacent to an activating group) is 1. The van der Waals surface area contributed by atoms with Gasteiger partial charge in [0.05, 0.1) is 23.7 Å². The summed E-state index contributed by atoms with van der Waals surface area (Å²) in [6.07, 6.45) is 6.59. The third-order valence-corrected chi connectivity index (χ3v) is 5.87. The molecule has 0 aliphatic carbocycles. The molecule has 0 amide bonds. The molecule has 5 heteroatoms. The molecule has 0 aromatic rings. The minimum absolute atomic E-state index is 0.166. The highest BCUT2D eigenvalue weighted by Crippen LogP contribution is 2.27. The Morgan fingerprint density at radius 2 is 2.24 bits per heavy atom. The summed E-state index contributed by atoms with van der Waals surface area (Å²) in [6.45, 7) is 0.705. The van der Waals surface area contributed by atoms with Gasteiger partial charge in [-0.05, 0) is 38.8 Å². The predicted molar refractivity (Wildman–Crippen MR) is 67.5 cm³/mol. The van der Waals surface area contributed by atoms with E-state index in [1.807, 2.05) is 13.1 Å². The molecule has 2 atom stereocenters. The van der Waals surface area contributed by atoms with Crippen molar-refractivity contribution in [3.63, 3.8) is 0 Å². The second-order valence-corrected chi connectivity index (χ2v) is 7.10. The zero-order valence-electron chi connectivity index (χ0n) is 10.3. The summed E-state index contributed by atoms with van der Waals surface area (Å²) in [5.41, 5.74) is 0. The number of nitrogens with one attached hydrogen (secondary N) is 1. The summed E-state index contributed by atoms with van der Waals surface area (Å²) in [4.78, 5) is 0. The average molecular weight is 259 g/mol. The maximum Gasteiger partial charge on any atom is 0.155 e. The molecule has 1 N–H and O–H groups in total. The van der Waals surface area contributed by atoms with Gasteiger partial charge in [0.15, 0.2) is 9.84 Å². The first-order valence-electron chi connectivity index (χ1n) is 6.37. The fourth-order valence-electron chi connectivity index (χ4n) is 2.66. The van der Waals surface area contributed by atoms with Crippen molar-refractivity contribution in [1.82, 2.24) is 5.32 Å². The molecule has 1 saturated heterocycles. The Morgan fingerprint density at radius 1 is 1.41 bits per heavy atom. The molecule has 2 aliphatic rings. The van der Waals surface area contributed by atoms with Crippen LogP contribution in [0.2, 0.25) is 0 Å². The number of rotatable bonds is 3. The van der Waals surface area contributed by atoms with Crippen LogP contribution in [0.3, 0.4) is 0 Å². The normalized spacial score (nSPS) is 30.2. The molecule has 0 spiro atoms. The van der Waals surface area contributed by atoms with E-state index in [0.717, 1.165) is 37.9 Å². The minimum Gasteiger partial charge on any atom is -0.497 e. The van der Waals surface area contributed by atoms with Gasteiger partial charge < -0.3 is 10.1 Å². The number of hydrogen-bond acceptors (Lipinski definition) is 4. The molecule has 0 aromatic heterocycles. The van der Waals surface area contributed by atoms with E-state index in [1.165, 1.54) is 0 Å². The van der Waals surface area contributed by atoms with Crippen LogP contribution in [-0.4, -0.2) is 39.1 Å². The van der Waals surface area contributed by atoms with Gasteiger partial charge in [-0.3, -0.25) is 0 Å². The molecule has 1 fully saturated rings. The Labute approximate surface area is 103 Å². The number of allylic oxidation sites excluding steroid dienone is 1. The van der Waals surface area contributed by atoms with Crippen molar-refractivity contribution in [3.8, 4) is 0 Å². The fourth-order valence-corrected chi connectivity index (χ4v) is 4.78. The molecule has 17 heavy (non-hydrogen) atoms. The molecule has 0 bridgehead atoms. The molecule has 98 valence electrons. The SMILES string of the molecule is CNC(C1=CCCCO1)C1CCCCS1(=O)=O. The van der Waals surface area contributed by atoms with Gasteiger partial charge in [-0.2, -0.15) is 0 Å². The van der Waals surface area contributed by atoms with E-state index in [-0.39, 0.29) is 11.3 Å². The molecular formula is C12H21NO3S. The van der Waals surface area contributed by atoms with Crippen LogP contribution in [0, 0.1) is 0 Å². The van der Waals surface area contributed by atoms with E-state index in [9.17, 15) is 8.42 Å². The molecule has 2 aliphatic heterocycles. The summed E-state index contributed by atoms with van der Waals surface area (Å²) in [5, 5.41) is 2.81. The number of sulfone groups is 1. The molecule has 2 unspecified atom stereocenters. The first-order valence-corrected chi connectivity index (χ1v) is 8.08. The van der Waals surface area contributed by atoms with Gasteiger partial charge in [0.1, 0.15) is 5.76 Å². The van der Waals surface area contributed by atoms with Crippen molar-refractivity contribution < 1.29 is 13.2 Å². The van der Waals surface area contributed by atoms with Crippen molar-refractivity contribution in [1.29, 1.82) is 0 Å². The number of hydrogen-bond donors (Lipinski definition) is 1. The fraction of sp³-hybridized carbons (Fsp3) is 0.833. The van der Waals surface area contributed by atoms with Crippen LogP contribution in [0.4, 0.5) is 0 Å². The zero-order valence-corrected chi connectivity index (χ0v) is 11.1. The van der Waals surface area contributed by atoms with Crippen LogP contribution in [0.5, 0.6) is 0 Å². The standard InChI is InChI=1S/C12H21NO3S/c1-13-12(10-6-2-4-8-16-10)11-7-3-5-9-17(11,14)15/h6,11-13H,2-5,7-9H2,1H3. The smallest absolute Gasteiger partial charge is 0.155 e. The topological polar surface area (TPSA) is 55.4 Å². The van der Waals surface area contributed by atoms with Gasteiger partial charge in [0.25, 0.3) is 0 Å². The van der Waals surface area contributed by atoms with Crippen LogP contribution < -0.4 is 5.32 Å². The molecule has 0 aromatic carbocycles. The summed E-state index contributed by atoms with van der Waals surface area (Å²) < 4.78 is 29.8. The lowest BCUT2D eigenvalue weighted by atomic mass is 10.0. The Kier molecular flexibility index (Phi) is 4.09. The van der Waals surface area contributed by atoms with Crippen molar-refractivity contribution in [2.75, 3.05) is 19.4 Å². The van der Waals surface area contributed by atoms with Gasteiger partial charge in [-0.25, -0.2) is 8.42 Å².